The van der Waals surface area contributed by atoms with Crippen LogP contribution in [0.2, 0.25) is 0 Å². The zero-order valence-electron chi connectivity index (χ0n) is 14.9. The Labute approximate surface area is 154 Å². The summed E-state index contributed by atoms with van der Waals surface area (Å²) in [5.74, 6) is -0.0855. The van der Waals surface area contributed by atoms with Crippen LogP contribution in [0.15, 0.2) is 59.5 Å². The van der Waals surface area contributed by atoms with Crippen LogP contribution < -0.4 is 4.72 Å². The Hall–Kier alpha value is -2.44. The van der Waals surface area contributed by atoms with Gasteiger partial charge in [0.1, 0.15) is 0 Å². The molecule has 3 rings (SSSR count). The van der Waals surface area contributed by atoms with Gasteiger partial charge < -0.3 is 4.90 Å². The molecule has 0 unspecified atom stereocenters. The minimum atomic E-state index is -3.49. The molecule has 0 fully saturated rings. The Morgan fingerprint density at radius 1 is 1.04 bits per heavy atom. The Balaban J connectivity index is 1.71. The second-order valence-corrected chi connectivity index (χ2v) is 8.22. The van der Waals surface area contributed by atoms with Gasteiger partial charge in [-0.25, -0.2) is 13.1 Å². The normalized spacial score (nSPS) is 14.8. The molecule has 6 heteroatoms. The van der Waals surface area contributed by atoms with Crippen molar-refractivity contribution in [3.63, 3.8) is 0 Å². The number of hydrogen-bond acceptors (Lipinski definition) is 3. The molecule has 0 spiro atoms. The number of hydrogen-bond donors (Lipinski definition) is 1. The van der Waals surface area contributed by atoms with Crippen molar-refractivity contribution in [1.82, 2.24) is 9.62 Å². The monoisotopic (exact) mass is 370 g/mol. The van der Waals surface area contributed by atoms with Crippen molar-refractivity contribution in [1.29, 1.82) is 0 Å². The van der Waals surface area contributed by atoms with E-state index in [2.05, 4.69) is 42.0 Å². The molecule has 0 atom stereocenters. The van der Waals surface area contributed by atoms with Gasteiger partial charge in [-0.3, -0.25) is 4.79 Å². The first kappa shape index (κ1) is 18.4. The standard InChI is InChI=1S/C20H22N2O3S/c1-15-3-5-16(6-4-15)17-11-13-22(14-12-17)20(23)18-7-9-19(10-8-18)26(24,25)21-2/h3-11,21H,12-14H2,1-2H3. The summed E-state index contributed by atoms with van der Waals surface area (Å²) in [7, 11) is -2.13. The van der Waals surface area contributed by atoms with Crippen molar-refractivity contribution < 1.29 is 13.2 Å². The van der Waals surface area contributed by atoms with Crippen LogP contribution >= 0.6 is 0 Å². The van der Waals surface area contributed by atoms with Gasteiger partial charge in [0.05, 0.1) is 4.90 Å². The molecule has 2 aromatic rings. The van der Waals surface area contributed by atoms with Crippen LogP contribution in [0.25, 0.3) is 5.57 Å². The summed E-state index contributed by atoms with van der Waals surface area (Å²) in [6, 6.07) is 14.4. The van der Waals surface area contributed by atoms with Gasteiger partial charge in [-0.1, -0.05) is 35.9 Å². The molecule has 0 saturated heterocycles. The zero-order valence-corrected chi connectivity index (χ0v) is 15.7. The van der Waals surface area contributed by atoms with Gasteiger partial charge in [0.2, 0.25) is 10.0 Å². The molecule has 1 heterocycles. The molecule has 2 aromatic carbocycles. The Morgan fingerprint density at radius 3 is 2.23 bits per heavy atom. The summed E-state index contributed by atoms with van der Waals surface area (Å²) in [5.41, 5.74) is 4.17. The summed E-state index contributed by atoms with van der Waals surface area (Å²) in [6.07, 6.45) is 2.90. The number of sulfonamides is 1. The van der Waals surface area contributed by atoms with Crippen LogP contribution in [0.5, 0.6) is 0 Å². The predicted octanol–water partition coefficient (Wildman–Crippen LogP) is 2.83. The van der Waals surface area contributed by atoms with Crippen molar-refractivity contribution in [3.05, 3.63) is 71.3 Å². The summed E-state index contributed by atoms with van der Waals surface area (Å²) < 4.78 is 25.8. The summed E-state index contributed by atoms with van der Waals surface area (Å²) in [6.45, 7) is 3.26. The van der Waals surface area contributed by atoms with Gasteiger partial charge in [-0.15, -0.1) is 0 Å². The summed E-state index contributed by atoms with van der Waals surface area (Å²) in [4.78, 5) is 14.6. The van der Waals surface area contributed by atoms with E-state index in [0.29, 0.717) is 18.7 Å². The second-order valence-electron chi connectivity index (χ2n) is 6.33. The first-order valence-corrected chi connectivity index (χ1v) is 9.98. The Morgan fingerprint density at radius 2 is 1.69 bits per heavy atom. The number of nitrogens with one attached hydrogen (secondary N) is 1. The van der Waals surface area contributed by atoms with Gasteiger partial charge in [0.25, 0.3) is 5.91 Å². The highest BCUT2D eigenvalue weighted by Crippen LogP contribution is 2.23. The van der Waals surface area contributed by atoms with E-state index in [1.807, 2.05) is 0 Å². The molecule has 1 aliphatic rings. The van der Waals surface area contributed by atoms with E-state index in [1.54, 1.807) is 17.0 Å². The van der Waals surface area contributed by atoms with E-state index in [-0.39, 0.29) is 10.8 Å². The van der Waals surface area contributed by atoms with Crippen LogP contribution in [0.3, 0.4) is 0 Å². The quantitative estimate of drug-likeness (QED) is 0.900. The molecule has 136 valence electrons. The van der Waals surface area contributed by atoms with Gasteiger partial charge in [0.15, 0.2) is 0 Å². The maximum absolute atomic E-state index is 12.6. The van der Waals surface area contributed by atoms with Gasteiger partial charge in [-0.05, 0) is 55.8 Å². The molecule has 5 nitrogen and oxygen atoms in total. The molecular formula is C20H22N2O3S. The molecule has 26 heavy (non-hydrogen) atoms. The lowest BCUT2D eigenvalue weighted by Gasteiger charge is -2.27. The van der Waals surface area contributed by atoms with Gasteiger partial charge in [0, 0.05) is 18.7 Å². The molecule has 1 amide bonds. The van der Waals surface area contributed by atoms with Crippen LogP contribution in [-0.4, -0.2) is 39.4 Å². The fraction of sp³-hybridized carbons (Fsp3) is 0.250. The van der Waals surface area contributed by atoms with Crippen molar-refractivity contribution in [2.24, 2.45) is 0 Å². The second kappa shape index (κ2) is 7.43. The highest BCUT2D eigenvalue weighted by molar-refractivity contribution is 7.89. The topological polar surface area (TPSA) is 66.5 Å². The lowest BCUT2D eigenvalue weighted by atomic mass is 9.98. The van der Waals surface area contributed by atoms with Gasteiger partial charge in [-0.2, -0.15) is 0 Å². The molecular weight excluding hydrogens is 348 g/mol. The first-order chi connectivity index (χ1) is 12.4. The fourth-order valence-corrected chi connectivity index (χ4v) is 3.69. The number of carbonyl (C=O) groups excluding carboxylic acids is 1. The third-order valence-electron chi connectivity index (χ3n) is 4.60. The lowest BCUT2D eigenvalue weighted by molar-refractivity contribution is 0.0773. The average Bonchev–Trinajstić information content (AvgIpc) is 2.68. The molecule has 1 aliphatic heterocycles. The van der Waals surface area contributed by atoms with E-state index < -0.39 is 10.0 Å². The molecule has 0 bridgehead atoms. The van der Waals surface area contributed by atoms with Crippen molar-refractivity contribution >= 4 is 21.5 Å². The number of rotatable bonds is 4. The van der Waals surface area contributed by atoms with Crippen LogP contribution in [0, 0.1) is 6.92 Å². The highest BCUT2D eigenvalue weighted by Gasteiger charge is 2.20. The van der Waals surface area contributed by atoms with Crippen molar-refractivity contribution in [3.8, 4) is 0 Å². The number of benzene rings is 2. The van der Waals surface area contributed by atoms with Crippen LogP contribution in [-0.2, 0) is 10.0 Å². The Kier molecular flexibility index (Phi) is 5.25. The SMILES string of the molecule is CNS(=O)(=O)c1ccc(C(=O)N2CC=C(c3ccc(C)cc3)CC2)cc1. The first-order valence-electron chi connectivity index (χ1n) is 8.49. The van der Waals surface area contributed by atoms with Crippen LogP contribution in [0.4, 0.5) is 0 Å². The largest absolute Gasteiger partial charge is 0.335 e. The van der Waals surface area contributed by atoms with Crippen molar-refractivity contribution in [2.45, 2.75) is 18.2 Å². The third kappa shape index (κ3) is 3.86. The zero-order chi connectivity index (χ0) is 18.7. The third-order valence-corrected chi connectivity index (χ3v) is 6.03. The molecule has 0 aliphatic carbocycles. The minimum Gasteiger partial charge on any atom is -0.335 e. The molecule has 0 saturated carbocycles. The van der Waals surface area contributed by atoms with E-state index in [9.17, 15) is 13.2 Å². The van der Waals surface area contributed by atoms with E-state index in [1.165, 1.54) is 35.9 Å². The van der Waals surface area contributed by atoms with E-state index in [4.69, 9.17) is 0 Å². The molecule has 0 radical (unpaired) electrons. The number of amides is 1. The summed E-state index contributed by atoms with van der Waals surface area (Å²) in [5, 5.41) is 0. The van der Waals surface area contributed by atoms with E-state index in [0.717, 1.165) is 6.42 Å². The number of aryl methyl sites for hydroxylation is 1. The lowest BCUT2D eigenvalue weighted by Crippen LogP contribution is -2.34. The minimum absolute atomic E-state index is 0.0855. The predicted molar refractivity (Wildman–Crippen MR) is 102 cm³/mol. The number of nitrogens with zero attached hydrogens (tertiary/aromatic N) is 1. The number of carbonyl (C=O) groups is 1. The molecule has 1 N–H and O–H groups in total. The smallest absolute Gasteiger partial charge is 0.254 e. The van der Waals surface area contributed by atoms with Crippen molar-refractivity contribution in [2.75, 3.05) is 20.1 Å². The Bertz CT molecular complexity index is 930. The summed E-state index contributed by atoms with van der Waals surface area (Å²) >= 11 is 0. The molecule has 0 aromatic heterocycles. The average molecular weight is 370 g/mol. The maximum Gasteiger partial charge on any atom is 0.254 e. The fourth-order valence-electron chi connectivity index (χ4n) is 2.96. The van der Waals surface area contributed by atoms with Gasteiger partial charge >= 0.3 is 0 Å². The maximum atomic E-state index is 12.6. The highest BCUT2D eigenvalue weighted by atomic mass is 32.2. The van der Waals surface area contributed by atoms with Crippen LogP contribution in [0.1, 0.15) is 27.9 Å². The van der Waals surface area contributed by atoms with E-state index >= 15 is 0 Å².